The summed E-state index contributed by atoms with van der Waals surface area (Å²) in [6.07, 6.45) is 5.65. The third kappa shape index (κ3) is 3.10. The Balaban J connectivity index is 1.49. The van der Waals surface area contributed by atoms with Gasteiger partial charge in [0.15, 0.2) is 0 Å². The van der Waals surface area contributed by atoms with Crippen LogP contribution in [0.2, 0.25) is 0 Å². The number of hydrogen-bond acceptors (Lipinski definition) is 4. The number of rotatable bonds is 3. The Morgan fingerprint density at radius 1 is 0.917 bits per heavy atom. The second-order valence-electron chi connectivity index (χ2n) is 6.29. The van der Waals surface area contributed by atoms with E-state index < -0.39 is 0 Å². The van der Waals surface area contributed by atoms with E-state index in [1.807, 2.05) is 0 Å². The molecule has 0 fully saturated rings. The monoisotopic (exact) mass is 319 g/mol. The Kier molecular flexibility index (Phi) is 4.13. The second-order valence-corrected chi connectivity index (χ2v) is 6.29. The van der Waals surface area contributed by atoms with Gasteiger partial charge in [-0.05, 0) is 53.8 Å². The molecule has 0 N–H and O–H groups in total. The highest BCUT2D eigenvalue weighted by molar-refractivity contribution is 5.74. The highest BCUT2D eigenvalue weighted by Gasteiger charge is 2.15. The maximum Gasteiger partial charge on any atom is 0.119 e. The van der Waals surface area contributed by atoms with Crippen LogP contribution in [0, 0.1) is 0 Å². The van der Waals surface area contributed by atoms with Gasteiger partial charge in [-0.3, -0.25) is 14.9 Å². The lowest BCUT2D eigenvalue weighted by Gasteiger charge is -2.19. The van der Waals surface area contributed by atoms with Gasteiger partial charge in [-0.1, -0.05) is 12.1 Å². The third-order valence-electron chi connectivity index (χ3n) is 4.75. The Morgan fingerprint density at radius 2 is 1.71 bits per heavy atom. The molecule has 0 radical (unpaired) electrons. The number of fused-ring (bicyclic) bond motifs is 2. The molecular formula is C20H21N3O. The summed E-state index contributed by atoms with van der Waals surface area (Å²) in [7, 11) is 1.73. The lowest BCUT2D eigenvalue weighted by Crippen LogP contribution is -2.25. The normalized spacial score (nSPS) is 15.0. The summed E-state index contributed by atoms with van der Waals surface area (Å²) in [6.45, 7) is 3.11. The molecule has 1 aliphatic heterocycles. The molecule has 2 aromatic carbocycles. The number of hydrogen-bond donors (Lipinski definition) is 0. The summed E-state index contributed by atoms with van der Waals surface area (Å²) in [6, 6.07) is 12.8. The van der Waals surface area contributed by atoms with Gasteiger partial charge in [-0.2, -0.15) is 0 Å². The van der Waals surface area contributed by atoms with Crippen molar-refractivity contribution in [1.82, 2.24) is 14.9 Å². The maximum atomic E-state index is 5.36. The minimum Gasteiger partial charge on any atom is -0.497 e. The molecule has 4 heteroatoms. The van der Waals surface area contributed by atoms with Gasteiger partial charge in [0.1, 0.15) is 5.75 Å². The van der Waals surface area contributed by atoms with E-state index in [4.69, 9.17) is 4.74 Å². The summed E-state index contributed by atoms with van der Waals surface area (Å²) in [5, 5.41) is 0. The molecule has 0 saturated carbocycles. The van der Waals surface area contributed by atoms with E-state index in [1.54, 1.807) is 19.5 Å². The fourth-order valence-electron chi connectivity index (χ4n) is 3.40. The van der Waals surface area contributed by atoms with Gasteiger partial charge in [0.2, 0.25) is 0 Å². The van der Waals surface area contributed by atoms with Crippen molar-refractivity contribution in [3.05, 3.63) is 65.5 Å². The molecule has 0 aliphatic carbocycles. The standard InChI is InChI=1S/C20H21N3O/c1-24-18-4-3-16-6-10-23(11-7-17(16)13-18)14-15-2-5-19-20(12-15)22-9-8-21-19/h2-5,8-9,12-13H,6-7,10-11,14H2,1H3. The molecule has 0 bridgehead atoms. The van der Waals surface area contributed by atoms with Crippen molar-refractivity contribution < 1.29 is 4.74 Å². The summed E-state index contributed by atoms with van der Waals surface area (Å²) < 4.78 is 5.36. The van der Waals surface area contributed by atoms with Crippen molar-refractivity contribution in [3.63, 3.8) is 0 Å². The van der Waals surface area contributed by atoms with Gasteiger partial charge >= 0.3 is 0 Å². The zero-order chi connectivity index (χ0) is 16.4. The van der Waals surface area contributed by atoms with Gasteiger partial charge in [-0.25, -0.2) is 0 Å². The molecule has 4 nitrogen and oxygen atoms in total. The van der Waals surface area contributed by atoms with E-state index in [1.165, 1.54) is 16.7 Å². The van der Waals surface area contributed by atoms with Crippen LogP contribution in [0.4, 0.5) is 0 Å². The fourth-order valence-corrected chi connectivity index (χ4v) is 3.40. The summed E-state index contributed by atoms with van der Waals surface area (Å²) >= 11 is 0. The summed E-state index contributed by atoms with van der Waals surface area (Å²) in [5.74, 6) is 0.954. The smallest absolute Gasteiger partial charge is 0.119 e. The number of aromatic nitrogens is 2. The van der Waals surface area contributed by atoms with Crippen LogP contribution >= 0.6 is 0 Å². The van der Waals surface area contributed by atoms with E-state index in [0.29, 0.717) is 0 Å². The van der Waals surface area contributed by atoms with Crippen LogP contribution < -0.4 is 4.74 Å². The number of benzene rings is 2. The molecule has 0 amide bonds. The lowest BCUT2D eigenvalue weighted by atomic mass is 10.0. The van der Waals surface area contributed by atoms with Crippen molar-refractivity contribution in [3.8, 4) is 5.75 Å². The topological polar surface area (TPSA) is 38.2 Å². The average molecular weight is 319 g/mol. The first kappa shape index (κ1) is 15.1. The second kappa shape index (κ2) is 6.57. The van der Waals surface area contributed by atoms with Crippen LogP contribution in [0.25, 0.3) is 11.0 Å². The van der Waals surface area contributed by atoms with Crippen molar-refractivity contribution in [2.45, 2.75) is 19.4 Å². The van der Waals surface area contributed by atoms with Crippen LogP contribution in [0.5, 0.6) is 5.75 Å². The number of ether oxygens (including phenoxy) is 1. The van der Waals surface area contributed by atoms with Gasteiger partial charge < -0.3 is 4.74 Å². The number of methoxy groups -OCH3 is 1. The fraction of sp³-hybridized carbons (Fsp3) is 0.300. The van der Waals surface area contributed by atoms with Crippen LogP contribution in [0.3, 0.4) is 0 Å². The van der Waals surface area contributed by atoms with E-state index in [-0.39, 0.29) is 0 Å². The highest BCUT2D eigenvalue weighted by Crippen LogP contribution is 2.22. The molecule has 0 unspecified atom stereocenters. The average Bonchev–Trinajstić information content (AvgIpc) is 2.83. The molecule has 0 saturated heterocycles. The first-order valence-electron chi connectivity index (χ1n) is 8.39. The Hall–Kier alpha value is -2.46. The predicted octanol–water partition coefficient (Wildman–Crippen LogP) is 3.24. The predicted molar refractivity (Wildman–Crippen MR) is 95.2 cm³/mol. The van der Waals surface area contributed by atoms with Gasteiger partial charge in [0.25, 0.3) is 0 Å². The van der Waals surface area contributed by atoms with E-state index >= 15 is 0 Å². The summed E-state index contributed by atoms with van der Waals surface area (Å²) in [4.78, 5) is 11.3. The highest BCUT2D eigenvalue weighted by atomic mass is 16.5. The van der Waals surface area contributed by atoms with Gasteiger partial charge in [-0.15, -0.1) is 0 Å². The molecular weight excluding hydrogens is 298 g/mol. The van der Waals surface area contributed by atoms with Crippen LogP contribution in [0.1, 0.15) is 16.7 Å². The molecule has 1 aromatic heterocycles. The molecule has 3 aromatic rings. The van der Waals surface area contributed by atoms with Crippen molar-refractivity contribution in [2.24, 2.45) is 0 Å². The SMILES string of the molecule is COc1ccc2c(c1)CCN(Cc1ccc3nccnc3c1)CC2. The van der Waals surface area contributed by atoms with E-state index in [2.05, 4.69) is 51.3 Å². The first-order chi connectivity index (χ1) is 11.8. The zero-order valence-electron chi connectivity index (χ0n) is 13.9. The quantitative estimate of drug-likeness (QED) is 0.743. The van der Waals surface area contributed by atoms with Crippen molar-refractivity contribution in [2.75, 3.05) is 20.2 Å². The minimum atomic E-state index is 0.954. The Bertz CT molecular complexity index is 862. The van der Waals surface area contributed by atoms with Gasteiger partial charge in [0.05, 0.1) is 18.1 Å². The Morgan fingerprint density at radius 3 is 2.54 bits per heavy atom. The van der Waals surface area contributed by atoms with Crippen molar-refractivity contribution in [1.29, 1.82) is 0 Å². The molecule has 122 valence electrons. The lowest BCUT2D eigenvalue weighted by molar-refractivity contribution is 0.279. The molecule has 0 spiro atoms. The summed E-state index contributed by atoms with van der Waals surface area (Å²) in [5.41, 5.74) is 6.09. The first-order valence-corrected chi connectivity index (χ1v) is 8.39. The van der Waals surface area contributed by atoms with Crippen LogP contribution in [-0.4, -0.2) is 35.1 Å². The number of nitrogens with zero attached hydrogens (tertiary/aromatic N) is 3. The molecule has 2 heterocycles. The molecule has 24 heavy (non-hydrogen) atoms. The third-order valence-corrected chi connectivity index (χ3v) is 4.75. The molecule has 0 atom stereocenters. The van der Waals surface area contributed by atoms with Crippen molar-refractivity contribution >= 4 is 11.0 Å². The molecule has 4 rings (SSSR count). The molecule has 1 aliphatic rings. The Labute approximate surface area is 142 Å². The largest absolute Gasteiger partial charge is 0.497 e. The van der Waals surface area contributed by atoms with Crippen LogP contribution in [-0.2, 0) is 19.4 Å². The van der Waals surface area contributed by atoms with Gasteiger partial charge in [0, 0.05) is 32.0 Å². The van der Waals surface area contributed by atoms with E-state index in [0.717, 1.165) is 49.3 Å². The van der Waals surface area contributed by atoms with E-state index in [9.17, 15) is 0 Å². The zero-order valence-corrected chi connectivity index (χ0v) is 13.9. The van der Waals surface area contributed by atoms with Crippen LogP contribution in [0.15, 0.2) is 48.8 Å². The minimum absolute atomic E-state index is 0.954. The maximum absolute atomic E-state index is 5.36.